The minimum absolute atomic E-state index is 0.0150. The van der Waals surface area contributed by atoms with Crippen LogP contribution in [0.3, 0.4) is 0 Å². The summed E-state index contributed by atoms with van der Waals surface area (Å²) in [6.07, 6.45) is 0.124. The molecular weight excluding hydrogens is 264 g/mol. The molecule has 1 aliphatic rings. The number of hydrogen-bond donors (Lipinski definition) is 2. The van der Waals surface area contributed by atoms with E-state index in [0.29, 0.717) is 0 Å². The van der Waals surface area contributed by atoms with Gasteiger partial charge in [-0.2, -0.15) is 0 Å². The summed E-state index contributed by atoms with van der Waals surface area (Å²) in [7, 11) is 0. The predicted molar refractivity (Wildman–Crippen MR) is 71.1 cm³/mol. The summed E-state index contributed by atoms with van der Waals surface area (Å²) in [6, 6.07) is 0. The molecule has 0 amide bonds. The van der Waals surface area contributed by atoms with Crippen molar-refractivity contribution in [3.05, 3.63) is 11.6 Å². The van der Waals surface area contributed by atoms with Crippen molar-refractivity contribution in [3.63, 3.8) is 0 Å². The van der Waals surface area contributed by atoms with Crippen LogP contribution in [0.1, 0.15) is 40.0 Å². The number of esters is 1. The molecule has 114 valence electrons. The molecule has 0 saturated carbocycles. The Labute approximate surface area is 118 Å². The number of carbonyl (C=O) groups excluding carboxylic acids is 1. The van der Waals surface area contributed by atoms with Gasteiger partial charge >= 0.3 is 11.9 Å². The van der Waals surface area contributed by atoms with Crippen molar-refractivity contribution < 1.29 is 29.3 Å². The van der Waals surface area contributed by atoms with E-state index >= 15 is 0 Å². The Morgan fingerprint density at radius 2 is 2.00 bits per heavy atom. The van der Waals surface area contributed by atoms with E-state index in [4.69, 9.17) is 14.6 Å². The molecule has 0 aliphatic heterocycles. The molecule has 0 heterocycles. The Morgan fingerprint density at radius 1 is 1.40 bits per heavy atom. The first-order chi connectivity index (χ1) is 9.38. The van der Waals surface area contributed by atoms with Crippen molar-refractivity contribution in [3.8, 4) is 0 Å². The van der Waals surface area contributed by atoms with E-state index < -0.39 is 30.3 Å². The average Bonchev–Trinajstić information content (AvgIpc) is 2.38. The van der Waals surface area contributed by atoms with E-state index in [9.17, 15) is 14.7 Å². The number of hydrogen-bond acceptors (Lipinski definition) is 5. The van der Waals surface area contributed by atoms with E-state index in [0.717, 1.165) is 12.8 Å². The number of ether oxygens (including phenoxy) is 2. The summed E-state index contributed by atoms with van der Waals surface area (Å²) in [6.45, 7) is 5.13. The van der Waals surface area contributed by atoms with Gasteiger partial charge in [-0.05, 0) is 18.9 Å². The quantitative estimate of drug-likeness (QED) is 0.714. The third-order valence-electron chi connectivity index (χ3n) is 3.36. The molecule has 1 aliphatic carbocycles. The van der Waals surface area contributed by atoms with Crippen molar-refractivity contribution in [2.45, 2.75) is 64.4 Å². The summed E-state index contributed by atoms with van der Waals surface area (Å²) in [5, 5.41) is 19.3. The molecule has 6 nitrogen and oxygen atoms in total. The minimum atomic E-state index is -1.09. The fraction of sp³-hybridized carbons (Fsp3) is 0.714. The second kappa shape index (κ2) is 7.40. The van der Waals surface area contributed by atoms with Gasteiger partial charge in [-0.3, -0.25) is 4.79 Å². The van der Waals surface area contributed by atoms with Crippen LogP contribution in [0, 0.1) is 0 Å². The van der Waals surface area contributed by atoms with Crippen molar-refractivity contribution in [2.75, 3.05) is 0 Å². The van der Waals surface area contributed by atoms with Gasteiger partial charge < -0.3 is 19.7 Å². The summed E-state index contributed by atoms with van der Waals surface area (Å²) in [4.78, 5) is 22.2. The lowest BCUT2D eigenvalue weighted by Gasteiger charge is -2.34. The summed E-state index contributed by atoms with van der Waals surface area (Å²) in [5.41, 5.74) is 0.0949. The first kappa shape index (κ1) is 16.7. The summed E-state index contributed by atoms with van der Waals surface area (Å²) in [5.74, 6) is -1.64. The molecule has 0 spiro atoms. The smallest absolute Gasteiger partial charge is 0.331 e. The predicted octanol–water partition coefficient (Wildman–Crippen LogP) is 1.27. The van der Waals surface area contributed by atoms with Crippen LogP contribution in [-0.2, 0) is 19.1 Å². The zero-order chi connectivity index (χ0) is 15.3. The number of carbonyl (C=O) groups is 2. The van der Waals surface area contributed by atoms with E-state index in [1.807, 2.05) is 13.8 Å². The molecule has 0 aromatic carbocycles. The Kier molecular flexibility index (Phi) is 6.16. The Bertz CT molecular complexity index is 385. The van der Waals surface area contributed by atoms with Crippen LogP contribution >= 0.6 is 0 Å². The number of rotatable bonds is 6. The largest absolute Gasteiger partial charge is 0.478 e. The molecule has 0 radical (unpaired) electrons. The van der Waals surface area contributed by atoms with Crippen LogP contribution < -0.4 is 0 Å². The molecule has 3 atom stereocenters. The Balaban J connectivity index is 2.90. The third kappa shape index (κ3) is 4.31. The highest BCUT2D eigenvalue weighted by atomic mass is 16.6. The van der Waals surface area contributed by atoms with E-state index in [-0.39, 0.29) is 18.1 Å². The van der Waals surface area contributed by atoms with E-state index in [1.165, 1.54) is 13.0 Å². The van der Waals surface area contributed by atoms with Gasteiger partial charge in [0.15, 0.2) is 0 Å². The first-order valence-corrected chi connectivity index (χ1v) is 6.83. The maximum absolute atomic E-state index is 11.1. The lowest BCUT2D eigenvalue weighted by atomic mass is 9.91. The van der Waals surface area contributed by atoms with Crippen LogP contribution in [0.25, 0.3) is 0 Å². The van der Waals surface area contributed by atoms with Gasteiger partial charge in [0.25, 0.3) is 0 Å². The Hall–Kier alpha value is -1.40. The molecule has 0 fully saturated rings. The fourth-order valence-electron chi connectivity index (χ4n) is 2.22. The average molecular weight is 286 g/mol. The van der Waals surface area contributed by atoms with Crippen molar-refractivity contribution in [2.24, 2.45) is 0 Å². The highest BCUT2D eigenvalue weighted by molar-refractivity contribution is 5.87. The van der Waals surface area contributed by atoms with Gasteiger partial charge in [0, 0.05) is 18.9 Å². The molecule has 0 aromatic heterocycles. The van der Waals surface area contributed by atoms with Gasteiger partial charge in [0.2, 0.25) is 0 Å². The second-order valence-electron chi connectivity index (χ2n) is 4.88. The third-order valence-corrected chi connectivity index (χ3v) is 3.36. The molecule has 6 heteroatoms. The fourth-order valence-corrected chi connectivity index (χ4v) is 2.22. The number of carboxylic acid groups (broad SMARTS) is 1. The normalized spacial score (nSPS) is 26.2. The highest BCUT2D eigenvalue weighted by Crippen LogP contribution is 2.26. The number of aliphatic hydroxyl groups is 1. The summed E-state index contributed by atoms with van der Waals surface area (Å²) >= 11 is 0. The lowest BCUT2D eigenvalue weighted by molar-refractivity contribution is -0.162. The Morgan fingerprint density at radius 3 is 2.45 bits per heavy atom. The SMILES string of the molecule is CCC(CC)O[C@H]1C=C(C(=O)O)C[C@@H](OC(C)=O)[C@@H]1O. The van der Waals surface area contributed by atoms with Crippen molar-refractivity contribution >= 4 is 11.9 Å². The van der Waals surface area contributed by atoms with Crippen LogP contribution in [0.15, 0.2) is 11.6 Å². The minimum Gasteiger partial charge on any atom is -0.478 e. The number of carboxylic acids is 1. The molecule has 0 unspecified atom stereocenters. The monoisotopic (exact) mass is 286 g/mol. The molecule has 1 rings (SSSR count). The molecule has 20 heavy (non-hydrogen) atoms. The zero-order valence-corrected chi connectivity index (χ0v) is 12.0. The number of aliphatic carboxylic acids is 1. The maximum atomic E-state index is 11.1. The molecule has 0 saturated heterocycles. The molecule has 2 N–H and O–H groups in total. The van der Waals surface area contributed by atoms with Gasteiger partial charge in [-0.25, -0.2) is 4.79 Å². The highest BCUT2D eigenvalue weighted by Gasteiger charge is 2.37. The van der Waals surface area contributed by atoms with Crippen LogP contribution in [0.2, 0.25) is 0 Å². The molecule has 0 bridgehead atoms. The van der Waals surface area contributed by atoms with Crippen LogP contribution in [0.5, 0.6) is 0 Å². The van der Waals surface area contributed by atoms with E-state index in [1.54, 1.807) is 0 Å². The number of aliphatic hydroxyl groups excluding tert-OH is 1. The molecule has 0 aromatic rings. The standard InChI is InChI=1S/C14H22O6/c1-4-10(5-2)20-12-7-9(14(17)18)6-11(13(12)16)19-8(3)15/h7,10-13,16H,4-6H2,1-3H3,(H,17,18)/t11-,12+,13+/m1/s1. The molecular formula is C14H22O6. The zero-order valence-electron chi connectivity index (χ0n) is 12.0. The second-order valence-corrected chi connectivity index (χ2v) is 4.88. The maximum Gasteiger partial charge on any atom is 0.331 e. The van der Waals surface area contributed by atoms with Gasteiger partial charge in [-0.1, -0.05) is 13.8 Å². The topological polar surface area (TPSA) is 93.1 Å². The van der Waals surface area contributed by atoms with Gasteiger partial charge in [0.05, 0.1) is 6.10 Å². The summed E-state index contributed by atoms with van der Waals surface area (Å²) < 4.78 is 10.7. The van der Waals surface area contributed by atoms with Gasteiger partial charge in [-0.15, -0.1) is 0 Å². The van der Waals surface area contributed by atoms with Crippen molar-refractivity contribution in [1.29, 1.82) is 0 Å². The van der Waals surface area contributed by atoms with Crippen LogP contribution in [-0.4, -0.2) is 46.6 Å². The van der Waals surface area contributed by atoms with E-state index in [2.05, 4.69) is 0 Å². The van der Waals surface area contributed by atoms with Crippen molar-refractivity contribution in [1.82, 2.24) is 0 Å². The lowest BCUT2D eigenvalue weighted by Crippen LogP contribution is -2.45. The van der Waals surface area contributed by atoms with Crippen LogP contribution in [0.4, 0.5) is 0 Å². The first-order valence-electron chi connectivity index (χ1n) is 6.83. The van der Waals surface area contributed by atoms with Gasteiger partial charge in [0.1, 0.15) is 18.3 Å².